The Morgan fingerprint density at radius 3 is 2.45 bits per heavy atom. The highest BCUT2D eigenvalue weighted by molar-refractivity contribution is 5.64. The summed E-state index contributed by atoms with van der Waals surface area (Å²) in [5.74, 6) is 0. The summed E-state index contributed by atoms with van der Waals surface area (Å²) in [6.07, 6.45) is -5.79. The highest BCUT2D eigenvalue weighted by atomic mass is 19.4. The number of carbonyl (C=O) groups is 1. The molecule has 0 unspecified atom stereocenters. The number of nitrogens with two attached hydrogens (primary N) is 1. The first-order valence-corrected chi connectivity index (χ1v) is 9.30. The number of halogens is 3. The SMILES string of the molecule is NC(=O)O[C@@H](Cc1ccccc1)[C@H](O)CNC1(c2cccc(C(F)(F)F)c2)CC1. The number of aliphatic hydroxyl groups is 1. The second-order valence-electron chi connectivity index (χ2n) is 7.27. The van der Waals surface area contributed by atoms with Crippen molar-refractivity contribution in [2.24, 2.45) is 5.73 Å². The predicted molar refractivity (Wildman–Crippen MR) is 101 cm³/mol. The molecule has 4 N–H and O–H groups in total. The number of nitrogens with one attached hydrogen (secondary N) is 1. The number of alkyl halides is 3. The monoisotopic (exact) mass is 408 g/mol. The molecule has 0 aliphatic heterocycles. The van der Waals surface area contributed by atoms with Gasteiger partial charge >= 0.3 is 12.3 Å². The predicted octanol–water partition coefficient (Wildman–Crippen LogP) is 3.35. The van der Waals surface area contributed by atoms with E-state index in [9.17, 15) is 23.1 Å². The van der Waals surface area contributed by atoms with Gasteiger partial charge in [-0.15, -0.1) is 0 Å². The second-order valence-corrected chi connectivity index (χ2v) is 7.27. The van der Waals surface area contributed by atoms with Crippen LogP contribution in [0, 0.1) is 0 Å². The highest BCUT2D eigenvalue weighted by Gasteiger charge is 2.45. The lowest BCUT2D eigenvalue weighted by Gasteiger charge is -2.26. The van der Waals surface area contributed by atoms with Gasteiger partial charge in [0.2, 0.25) is 0 Å². The Bertz CT molecular complexity index is 839. The minimum atomic E-state index is -4.41. The summed E-state index contributed by atoms with van der Waals surface area (Å²) in [6, 6.07) is 14.4. The number of hydrogen-bond acceptors (Lipinski definition) is 4. The van der Waals surface area contributed by atoms with Crippen LogP contribution in [-0.2, 0) is 22.9 Å². The van der Waals surface area contributed by atoms with E-state index < -0.39 is 35.6 Å². The Hall–Kier alpha value is -2.58. The number of carbonyl (C=O) groups excluding carboxylic acids is 1. The second kappa shape index (κ2) is 8.42. The summed E-state index contributed by atoms with van der Waals surface area (Å²) < 4.78 is 44.1. The van der Waals surface area contributed by atoms with Gasteiger partial charge in [-0.3, -0.25) is 0 Å². The van der Waals surface area contributed by atoms with Crippen LogP contribution in [0.2, 0.25) is 0 Å². The number of rotatable bonds is 8. The summed E-state index contributed by atoms with van der Waals surface area (Å²) in [7, 11) is 0. The maximum absolute atomic E-state index is 13.0. The van der Waals surface area contributed by atoms with Gasteiger partial charge in [0.05, 0.1) is 5.56 Å². The zero-order valence-corrected chi connectivity index (χ0v) is 15.7. The first-order chi connectivity index (χ1) is 13.7. The molecular weight excluding hydrogens is 385 g/mol. The number of primary amides is 1. The van der Waals surface area contributed by atoms with Gasteiger partial charge in [-0.25, -0.2) is 4.79 Å². The number of aliphatic hydroxyl groups excluding tert-OH is 1. The van der Waals surface area contributed by atoms with Gasteiger partial charge in [0.1, 0.15) is 12.2 Å². The molecule has 0 radical (unpaired) electrons. The van der Waals surface area contributed by atoms with Crippen LogP contribution in [0.15, 0.2) is 54.6 Å². The first kappa shape index (κ1) is 21.1. The molecule has 1 aliphatic carbocycles. The van der Waals surface area contributed by atoms with Crippen LogP contribution in [0.25, 0.3) is 0 Å². The van der Waals surface area contributed by atoms with E-state index in [4.69, 9.17) is 10.5 Å². The van der Waals surface area contributed by atoms with Crippen molar-refractivity contribution < 1.29 is 27.8 Å². The highest BCUT2D eigenvalue weighted by Crippen LogP contribution is 2.46. The van der Waals surface area contributed by atoms with Crippen molar-refractivity contribution in [1.29, 1.82) is 0 Å². The number of benzene rings is 2. The van der Waals surface area contributed by atoms with Crippen molar-refractivity contribution in [3.05, 3.63) is 71.3 Å². The summed E-state index contributed by atoms with van der Waals surface area (Å²) in [6.45, 7) is 0.0427. The van der Waals surface area contributed by atoms with Crippen LogP contribution in [-0.4, -0.2) is 30.0 Å². The molecular formula is C21H23F3N2O3. The maximum Gasteiger partial charge on any atom is 0.416 e. The van der Waals surface area contributed by atoms with Crippen LogP contribution < -0.4 is 11.1 Å². The van der Waals surface area contributed by atoms with E-state index in [1.165, 1.54) is 6.07 Å². The molecule has 8 heteroatoms. The van der Waals surface area contributed by atoms with Crippen molar-refractivity contribution in [2.75, 3.05) is 6.54 Å². The van der Waals surface area contributed by atoms with Crippen molar-refractivity contribution in [1.82, 2.24) is 5.32 Å². The third-order valence-electron chi connectivity index (χ3n) is 5.12. The minimum absolute atomic E-state index is 0.0427. The van der Waals surface area contributed by atoms with Gasteiger partial charge in [0, 0.05) is 18.5 Å². The molecule has 1 amide bonds. The van der Waals surface area contributed by atoms with Crippen LogP contribution in [0.5, 0.6) is 0 Å². The standard InChI is InChI=1S/C21H23F3N2O3/c22-21(23,24)16-8-4-7-15(12-16)20(9-10-20)26-13-17(27)18(29-19(25)28)11-14-5-2-1-3-6-14/h1-8,12,17-18,26-27H,9-11,13H2,(H2,25,28)/t17-,18+/m1/s1. The van der Waals surface area contributed by atoms with E-state index in [-0.39, 0.29) is 13.0 Å². The third kappa shape index (κ3) is 5.48. The molecule has 0 heterocycles. The average molecular weight is 408 g/mol. The molecule has 0 saturated heterocycles. The first-order valence-electron chi connectivity index (χ1n) is 9.30. The lowest BCUT2D eigenvalue weighted by atomic mass is 10.00. The van der Waals surface area contributed by atoms with Crippen molar-refractivity contribution in [2.45, 2.75) is 43.2 Å². The van der Waals surface area contributed by atoms with E-state index in [1.54, 1.807) is 6.07 Å². The van der Waals surface area contributed by atoms with Gasteiger partial charge in [0.15, 0.2) is 0 Å². The van der Waals surface area contributed by atoms with Crippen molar-refractivity contribution in [3.63, 3.8) is 0 Å². The summed E-state index contributed by atoms with van der Waals surface area (Å²) in [4.78, 5) is 11.2. The molecule has 0 spiro atoms. The minimum Gasteiger partial charge on any atom is -0.443 e. The molecule has 2 atom stereocenters. The molecule has 1 fully saturated rings. The fraction of sp³-hybridized carbons (Fsp3) is 0.381. The average Bonchev–Trinajstić information content (AvgIpc) is 3.47. The smallest absolute Gasteiger partial charge is 0.416 e. The Balaban J connectivity index is 1.67. The topological polar surface area (TPSA) is 84.6 Å². The van der Waals surface area contributed by atoms with Gasteiger partial charge in [-0.2, -0.15) is 13.2 Å². The van der Waals surface area contributed by atoms with E-state index >= 15 is 0 Å². The van der Waals surface area contributed by atoms with Crippen LogP contribution in [0.1, 0.15) is 29.5 Å². The fourth-order valence-corrected chi connectivity index (χ4v) is 3.37. The fourth-order valence-electron chi connectivity index (χ4n) is 3.37. The Kier molecular flexibility index (Phi) is 6.14. The molecule has 2 aromatic carbocycles. The van der Waals surface area contributed by atoms with Crippen LogP contribution in [0.3, 0.4) is 0 Å². The molecule has 5 nitrogen and oxygen atoms in total. The van der Waals surface area contributed by atoms with Crippen LogP contribution in [0.4, 0.5) is 18.0 Å². The Morgan fingerprint density at radius 2 is 1.86 bits per heavy atom. The number of hydrogen-bond donors (Lipinski definition) is 3. The van der Waals surface area contributed by atoms with E-state index in [1.807, 2.05) is 30.3 Å². The largest absolute Gasteiger partial charge is 0.443 e. The quantitative estimate of drug-likeness (QED) is 0.626. The molecule has 0 bridgehead atoms. The molecule has 1 aliphatic rings. The zero-order valence-electron chi connectivity index (χ0n) is 15.7. The van der Waals surface area contributed by atoms with Crippen LogP contribution >= 0.6 is 0 Å². The Morgan fingerprint density at radius 1 is 1.17 bits per heavy atom. The number of amides is 1. The molecule has 29 heavy (non-hydrogen) atoms. The zero-order chi connectivity index (χ0) is 21.1. The molecule has 2 aromatic rings. The van der Waals surface area contributed by atoms with Gasteiger partial charge in [-0.1, -0.05) is 42.5 Å². The van der Waals surface area contributed by atoms with Gasteiger partial charge in [-0.05, 0) is 36.1 Å². The molecule has 0 aromatic heterocycles. The van der Waals surface area contributed by atoms with E-state index in [0.29, 0.717) is 18.4 Å². The van der Waals surface area contributed by atoms with Crippen molar-refractivity contribution >= 4 is 6.09 Å². The summed E-state index contributed by atoms with van der Waals surface area (Å²) in [5, 5.41) is 13.7. The summed E-state index contributed by atoms with van der Waals surface area (Å²) >= 11 is 0. The number of ether oxygens (including phenoxy) is 1. The van der Waals surface area contributed by atoms with E-state index in [0.717, 1.165) is 17.7 Å². The van der Waals surface area contributed by atoms with Gasteiger partial charge in [0.25, 0.3) is 0 Å². The molecule has 3 rings (SSSR count). The van der Waals surface area contributed by atoms with Crippen molar-refractivity contribution in [3.8, 4) is 0 Å². The van der Waals surface area contributed by atoms with Gasteiger partial charge < -0.3 is 20.9 Å². The normalized spacial score (nSPS) is 17.4. The Labute approximate surface area is 166 Å². The maximum atomic E-state index is 13.0. The lowest BCUT2D eigenvalue weighted by Crippen LogP contribution is -2.44. The lowest BCUT2D eigenvalue weighted by molar-refractivity contribution is -0.137. The third-order valence-corrected chi connectivity index (χ3v) is 5.12. The molecule has 1 saturated carbocycles. The summed E-state index contributed by atoms with van der Waals surface area (Å²) in [5.41, 5.74) is 5.18. The van der Waals surface area contributed by atoms with E-state index in [2.05, 4.69) is 5.32 Å². The molecule has 156 valence electrons.